The van der Waals surface area contributed by atoms with Crippen molar-refractivity contribution in [1.82, 2.24) is 10.2 Å². The number of carbonyl (C=O) groups excluding carboxylic acids is 2. The first-order valence-corrected chi connectivity index (χ1v) is 8.53. The number of thioether (sulfide) groups is 1. The van der Waals surface area contributed by atoms with Crippen LogP contribution in [0.2, 0.25) is 0 Å². The minimum atomic E-state index is -0.839. The van der Waals surface area contributed by atoms with E-state index in [4.69, 9.17) is 4.74 Å². The molecule has 1 aromatic carbocycles. The van der Waals surface area contributed by atoms with Crippen molar-refractivity contribution in [2.75, 3.05) is 11.1 Å². The van der Waals surface area contributed by atoms with E-state index >= 15 is 0 Å². The van der Waals surface area contributed by atoms with Crippen molar-refractivity contribution >= 4 is 40.1 Å². The first-order chi connectivity index (χ1) is 10.7. The molecular formula is C14H13N3O3S2. The van der Waals surface area contributed by atoms with Crippen molar-refractivity contribution in [3.05, 3.63) is 35.4 Å². The zero-order valence-corrected chi connectivity index (χ0v) is 13.4. The van der Waals surface area contributed by atoms with Gasteiger partial charge in [-0.2, -0.15) is 0 Å². The van der Waals surface area contributed by atoms with Crippen LogP contribution < -0.4 is 5.32 Å². The van der Waals surface area contributed by atoms with Gasteiger partial charge >= 0.3 is 5.97 Å². The van der Waals surface area contributed by atoms with Crippen LogP contribution in [0.5, 0.6) is 0 Å². The van der Waals surface area contributed by atoms with Crippen LogP contribution in [0.3, 0.4) is 0 Å². The molecule has 1 N–H and O–H groups in total. The van der Waals surface area contributed by atoms with Crippen LogP contribution in [0.25, 0.3) is 0 Å². The van der Waals surface area contributed by atoms with Crippen LogP contribution in [0.15, 0.2) is 28.6 Å². The molecule has 1 aliphatic rings. The van der Waals surface area contributed by atoms with Crippen molar-refractivity contribution in [2.24, 2.45) is 0 Å². The summed E-state index contributed by atoms with van der Waals surface area (Å²) in [7, 11) is 0. The summed E-state index contributed by atoms with van der Waals surface area (Å²) in [4.78, 5) is 24.1. The number of ether oxygens (including phenoxy) is 1. The fourth-order valence-electron chi connectivity index (χ4n) is 2.11. The lowest BCUT2D eigenvalue weighted by molar-refractivity contribution is -0.125. The highest BCUT2D eigenvalue weighted by molar-refractivity contribution is 8.01. The van der Waals surface area contributed by atoms with Gasteiger partial charge in [0.2, 0.25) is 5.13 Å². The highest BCUT2D eigenvalue weighted by Crippen LogP contribution is 2.26. The number of aromatic nitrogens is 2. The molecule has 6 nitrogen and oxygen atoms in total. The van der Waals surface area contributed by atoms with Crippen LogP contribution in [-0.2, 0) is 16.0 Å². The zero-order chi connectivity index (χ0) is 15.5. The number of amides is 1. The lowest BCUT2D eigenvalue weighted by atomic mass is 9.98. The number of cyclic esters (lactones) is 1. The fraction of sp³-hybridized carbons (Fsp3) is 0.286. The number of hydrogen-bond acceptors (Lipinski definition) is 7. The molecule has 8 heteroatoms. The summed E-state index contributed by atoms with van der Waals surface area (Å²) >= 11 is 2.86. The highest BCUT2D eigenvalue weighted by atomic mass is 32.2. The maximum atomic E-state index is 12.2. The SMILES string of the molecule is CCSc1nnc(NC(=O)[C@@H]2Cc3ccccc3C(=O)O2)s1. The summed E-state index contributed by atoms with van der Waals surface area (Å²) in [5.74, 6) is 0.0353. The molecular weight excluding hydrogens is 322 g/mol. The summed E-state index contributed by atoms with van der Waals surface area (Å²) in [5.41, 5.74) is 1.34. The Kier molecular flexibility index (Phi) is 4.39. The van der Waals surface area contributed by atoms with E-state index in [1.54, 1.807) is 23.9 Å². The smallest absolute Gasteiger partial charge is 0.339 e. The predicted octanol–water partition coefficient (Wildman–Crippen LogP) is 2.37. The van der Waals surface area contributed by atoms with Gasteiger partial charge < -0.3 is 4.74 Å². The molecule has 0 fully saturated rings. The Bertz CT molecular complexity index is 717. The second kappa shape index (κ2) is 6.45. The lowest BCUT2D eigenvalue weighted by Crippen LogP contribution is -2.37. The number of nitrogens with one attached hydrogen (secondary N) is 1. The normalized spacial score (nSPS) is 16.8. The third-order valence-corrected chi connectivity index (χ3v) is 4.94. The van der Waals surface area contributed by atoms with E-state index in [9.17, 15) is 9.59 Å². The third kappa shape index (κ3) is 3.12. The van der Waals surface area contributed by atoms with E-state index in [2.05, 4.69) is 15.5 Å². The Morgan fingerprint density at radius 2 is 2.27 bits per heavy atom. The number of benzene rings is 1. The minimum Gasteiger partial charge on any atom is -0.448 e. The van der Waals surface area contributed by atoms with Gasteiger partial charge in [-0.1, -0.05) is 48.2 Å². The highest BCUT2D eigenvalue weighted by Gasteiger charge is 2.31. The van der Waals surface area contributed by atoms with Gasteiger partial charge in [-0.25, -0.2) is 4.79 Å². The van der Waals surface area contributed by atoms with Gasteiger partial charge in [-0.3, -0.25) is 10.1 Å². The second-order valence-corrected chi connectivity index (χ2v) is 7.04. The van der Waals surface area contributed by atoms with Gasteiger partial charge in [0.05, 0.1) is 5.56 Å². The molecule has 0 saturated carbocycles. The van der Waals surface area contributed by atoms with Gasteiger partial charge in [0.25, 0.3) is 5.91 Å². The molecule has 0 spiro atoms. The van der Waals surface area contributed by atoms with E-state index in [1.807, 2.05) is 19.1 Å². The number of anilines is 1. The standard InChI is InChI=1S/C14H13N3O3S2/c1-2-21-14-17-16-13(22-14)15-11(18)10-7-8-5-3-4-6-9(8)12(19)20-10/h3-6,10H,2,7H2,1H3,(H,15,16,18)/t10-/m0/s1. The molecule has 2 heterocycles. The Morgan fingerprint density at radius 1 is 1.45 bits per heavy atom. The summed E-state index contributed by atoms with van der Waals surface area (Å²) in [6.45, 7) is 2.02. The number of rotatable bonds is 4. The molecule has 114 valence electrons. The average Bonchev–Trinajstić information content (AvgIpc) is 2.95. The first kappa shape index (κ1) is 15.0. The van der Waals surface area contributed by atoms with E-state index in [0.717, 1.165) is 15.7 Å². The molecule has 1 atom stereocenters. The van der Waals surface area contributed by atoms with Crippen molar-refractivity contribution in [3.63, 3.8) is 0 Å². The largest absolute Gasteiger partial charge is 0.448 e. The Hall–Kier alpha value is -1.93. The molecule has 0 saturated heterocycles. The van der Waals surface area contributed by atoms with E-state index in [-0.39, 0.29) is 5.91 Å². The minimum absolute atomic E-state index is 0.364. The summed E-state index contributed by atoms with van der Waals surface area (Å²) in [6, 6.07) is 7.14. The summed E-state index contributed by atoms with van der Waals surface area (Å²) in [6.07, 6.45) is -0.475. The van der Waals surface area contributed by atoms with Gasteiger partial charge in [-0.05, 0) is 17.4 Å². The Balaban J connectivity index is 1.69. The molecule has 0 aliphatic carbocycles. The number of carbonyl (C=O) groups is 2. The molecule has 1 amide bonds. The molecule has 0 bridgehead atoms. The number of hydrogen-bond donors (Lipinski definition) is 1. The fourth-order valence-corrected chi connectivity index (χ4v) is 3.76. The molecule has 22 heavy (non-hydrogen) atoms. The van der Waals surface area contributed by atoms with Crippen LogP contribution >= 0.6 is 23.1 Å². The monoisotopic (exact) mass is 335 g/mol. The molecule has 2 aromatic rings. The number of fused-ring (bicyclic) bond motifs is 1. The molecule has 1 aliphatic heterocycles. The van der Waals surface area contributed by atoms with Crippen molar-refractivity contribution in [1.29, 1.82) is 0 Å². The van der Waals surface area contributed by atoms with Crippen molar-refractivity contribution in [3.8, 4) is 0 Å². The summed E-state index contributed by atoms with van der Waals surface area (Å²) in [5, 5.41) is 10.9. The van der Waals surface area contributed by atoms with E-state index in [1.165, 1.54) is 11.3 Å². The van der Waals surface area contributed by atoms with Crippen LogP contribution in [0, 0.1) is 0 Å². The lowest BCUT2D eigenvalue weighted by Gasteiger charge is -2.23. The molecule has 0 radical (unpaired) electrons. The first-order valence-electron chi connectivity index (χ1n) is 6.73. The van der Waals surface area contributed by atoms with Crippen molar-refractivity contribution < 1.29 is 14.3 Å². The van der Waals surface area contributed by atoms with Gasteiger partial charge in [0.1, 0.15) is 0 Å². The zero-order valence-electron chi connectivity index (χ0n) is 11.7. The van der Waals surface area contributed by atoms with Gasteiger partial charge in [0.15, 0.2) is 10.4 Å². The predicted molar refractivity (Wildman–Crippen MR) is 84.3 cm³/mol. The molecule has 3 rings (SSSR count). The molecule has 1 aromatic heterocycles. The quantitative estimate of drug-likeness (QED) is 0.525. The van der Waals surface area contributed by atoms with Crippen LogP contribution in [0.1, 0.15) is 22.8 Å². The number of nitrogens with zero attached hydrogens (tertiary/aromatic N) is 2. The third-order valence-electron chi connectivity index (χ3n) is 3.09. The topological polar surface area (TPSA) is 81.2 Å². The Morgan fingerprint density at radius 3 is 3.09 bits per heavy atom. The van der Waals surface area contributed by atoms with Crippen LogP contribution in [-0.4, -0.2) is 33.9 Å². The van der Waals surface area contributed by atoms with Gasteiger partial charge in [0, 0.05) is 6.42 Å². The maximum Gasteiger partial charge on any atom is 0.339 e. The van der Waals surface area contributed by atoms with E-state index < -0.39 is 12.1 Å². The maximum absolute atomic E-state index is 12.2. The number of esters is 1. The summed E-state index contributed by atoms with van der Waals surface area (Å²) < 4.78 is 6.00. The molecule has 0 unspecified atom stereocenters. The average molecular weight is 335 g/mol. The van der Waals surface area contributed by atoms with Crippen molar-refractivity contribution in [2.45, 2.75) is 23.8 Å². The van der Waals surface area contributed by atoms with E-state index in [0.29, 0.717) is 17.1 Å². The second-order valence-electron chi connectivity index (χ2n) is 4.55. The van der Waals surface area contributed by atoms with Gasteiger partial charge in [-0.15, -0.1) is 10.2 Å². The Labute approximate surface area is 135 Å². The van der Waals surface area contributed by atoms with Crippen LogP contribution in [0.4, 0.5) is 5.13 Å².